The van der Waals surface area contributed by atoms with E-state index in [-0.39, 0.29) is 84.8 Å². The third-order valence-electron chi connectivity index (χ3n) is 0. The number of hydrogen-bond donors (Lipinski definition) is 0. The predicted octanol–water partition coefficient (Wildman–Crippen LogP) is -0.0125. The molecule has 0 saturated carbocycles. The van der Waals surface area contributed by atoms with Crippen molar-refractivity contribution in [1.82, 2.24) is 0 Å². The average molecular weight is 285 g/mol. The van der Waals surface area contributed by atoms with Crippen LogP contribution in [0.3, 0.4) is 0 Å². The van der Waals surface area contributed by atoms with Gasteiger partial charge in [0.05, 0.1) is 0 Å². The molecule has 2 radical (unpaired) electrons. The Bertz CT molecular complexity index is 4.85. The molecule has 0 amide bonds. The van der Waals surface area contributed by atoms with Gasteiger partial charge in [-0.2, -0.15) is 0 Å². The molecule has 0 fully saturated rings. The average Bonchev–Trinajstić information content (AvgIpc) is 0. The summed E-state index contributed by atoms with van der Waals surface area (Å²) in [4.78, 5) is 0. The fourth-order valence-electron chi connectivity index (χ4n) is 0. The quantitative estimate of drug-likeness (QED) is 0.549. The molecule has 5 heteroatoms. The molecule has 0 spiro atoms. The zero-order valence-electron chi connectivity index (χ0n) is 1.73. The van der Waals surface area contributed by atoms with Crippen LogP contribution >= 0.6 is 0 Å². The van der Waals surface area contributed by atoms with Crippen LogP contribution in [0.1, 0.15) is 0 Å². The fraction of sp³-hybridized carbons (Fsp3) is 0. The first-order valence-corrected chi connectivity index (χ1v) is 0. The fourth-order valence-corrected chi connectivity index (χ4v) is 0. The van der Waals surface area contributed by atoms with Gasteiger partial charge in [-0.25, -0.2) is 0 Å². The molecule has 0 aliphatic carbocycles. The first-order chi connectivity index (χ1) is 0. The van der Waals surface area contributed by atoms with Crippen molar-refractivity contribution in [3.8, 4) is 0 Å². The van der Waals surface area contributed by atoms with E-state index in [4.69, 9.17) is 0 Å². The Hall–Kier alpha value is 2.57. The topological polar surface area (TPSA) is 0 Å². The number of rotatable bonds is 0. The van der Waals surface area contributed by atoms with Crippen molar-refractivity contribution in [2.75, 3.05) is 0 Å². The van der Waals surface area contributed by atoms with E-state index in [1.165, 1.54) is 0 Å². The summed E-state index contributed by atoms with van der Waals surface area (Å²) in [6.45, 7) is 0. The van der Waals surface area contributed by atoms with Crippen molar-refractivity contribution >= 4 is 0 Å². The summed E-state index contributed by atoms with van der Waals surface area (Å²) in [6, 6.07) is 0. The van der Waals surface area contributed by atoms with Crippen molar-refractivity contribution < 1.29 is 84.8 Å². The Morgan fingerprint density at radius 2 is 0.400 bits per heavy atom. The molecular weight excluding hydrogens is 285 g/mol. The van der Waals surface area contributed by atoms with E-state index >= 15 is 0 Å². The first-order valence-electron chi connectivity index (χ1n) is 0. The van der Waals surface area contributed by atoms with Crippen molar-refractivity contribution in [3.63, 3.8) is 0 Å². The number of hydrogen-bond acceptors (Lipinski definition) is 0. The van der Waals surface area contributed by atoms with Crippen molar-refractivity contribution in [1.29, 1.82) is 0 Å². The maximum Gasteiger partial charge on any atom is 0 e. The summed E-state index contributed by atoms with van der Waals surface area (Å²) < 4.78 is 0. The largest absolute Gasteiger partial charge is 0 e. The monoisotopic (exact) mass is 286 g/mol. The maximum atomic E-state index is 0. The summed E-state index contributed by atoms with van der Waals surface area (Å²) in [5.74, 6) is 0. The van der Waals surface area contributed by atoms with Gasteiger partial charge in [-0.15, -0.1) is 0 Å². The Morgan fingerprint density at radius 3 is 0.400 bits per heavy atom. The van der Waals surface area contributed by atoms with Gasteiger partial charge in [-0.3, -0.25) is 0 Å². The molecule has 0 aromatic rings. The van der Waals surface area contributed by atoms with E-state index in [1.54, 1.807) is 0 Å². The molecule has 0 aliphatic rings. The standard InChI is InChI=1S/2Co.3Fe. The molecule has 0 heterocycles. The van der Waals surface area contributed by atoms with Gasteiger partial charge in [0, 0.05) is 84.8 Å². The van der Waals surface area contributed by atoms with Crippen LogP contribution in [0, 0.1) is 0 Å². The van der Waals surface area contributed by atoms with E-state index in [0.29, 0.717) is 0 Å². The molecule has 0 atom stereocenters. The van der Waals surface area contributed by atoms with E-state index in [9.17, 15) is 0 Å². The second-order valence-corrected chi connectivity index (χ2v) is 0. The summed E-state index contributed by atoms with van der Waals surface area (Å²) in [5, 5.41) is 0. The summed E-state index contributed by atoms with van der Waals surface area (Å²) in [7, 11) is 0. The predicted molar refractivity (Wildman–Crippen MR) is 0 cm³/mol. The van der Waals surface area contributed by atoms with Crippen LogP contribution in [0.15, 0.2) is 0 Å². The minimum absolute atomic E-state index is 0. The zero-order chi connectivity index (χ0) is 0. The van der Waals surface area contributed by atoms with Crippen molar-refractivity contribution in [3.05, 3.63) is 0 Å². The Balaban J connectivity index is 0. The molecule has 0 unspecified atom stereocenters. The SMILES string of the molecule is [Co].[Co].[Fe].[Fe].[Fe]. The summed E-state index contributed by atoms with van der Waals surface area (Å²) in [5.41, 5.74) is 0. The molecular formula is Co2Fe3. The maximum absolute atomic E-state index is 0. The van der Waals surface area contributed by atoms with Crippen LogP contribution in [0.2, 0.25) is 0 Å². The third kappa shape index (κ3) is 20.8. The molecule has 0 rings (SSSR count). The van der Waals surface area contributed by atoms with Crippen LogP contribution in [0.25, 0.3) is 0 Å². The molecule has 0 aromatic heterocycles. The first kappa shape index (κ1) is 49.4. The molecule has 0 N–H and O–H groups in total. The van der Waals surface area contributed by atoms with Crippen LogP contribution < -0.4 is 0 Å². The summed E-state index contributed by atoms with van der Waals surface area (Å²) in [6.07, 6.45) is 0. The molecule has 0 aromatic carbocycles. The minimum atomic E-state index is 0. The Kier molecular flexibility index (Phi) is 305. The van der Waals surface area contributed by atoms with E-state index < -0.39 is 0 Å². The van der Waals surface area contributed by atoms with Gasteiger partial charge in [0.2, 0.25) is 0 Å². The van der Waals surface area contributed by atoms with Gasteiger partial charge in [-0.1, -0.05) is 0 Å². The minimum Gasteiger partial charge on any atom is 0 e. The van der Waals surface area contributed by atoms with E-state index in [0.717, 1.165) is 0 Å². The molecule has 0 nitrogen and oxygen atoms in total. The second-order valence-electron chi connectivity index (χ2n) is 0. The molecule has 42 valence electrons. The second kappa shape index (κ2) is 30.8. The van der Waals surface area contributed by atoms with E-state index in [2.05, 4.69) is 0 Å². The molecule has 5 heavy (non-hydrogen) atoms. The molecule has 0 bridgehead atoms. The summed E-state index contributed by atoms with van der Waals surface area (Å²) >= 11 is 0. The van der Waals surface area contributed by atoms with Crippen LogP contribution in [0.5, 0.6) is 0 Å². The van der Waals surface area contributed by atoms with Crippen molar-refractivity contribution in [2.45, 2.75) is 0 Å². The zero-order valence-corrected chi connectivity index (χ0v) is 7.12. The Labute approximate surface area is 83.8 Å². The van der Waals surface area contributed by atoms with Gasteiger partial charge in [-0.05, 0) is 0 Å². The van der Waals surface area contributed by atoms with Gasteiger partial charge < -0.3 is 0 Å². The van der Waals surface area contributed by atoms with Gasteiger partial charge in [0.1, 0.15) is 0 Å². The smallest absolute Gasteiger partial charge is 0 e. The molecule has 0 saturated heterocycles. The van der Waals surface area contributed by atoms with Crippen LogP contribution in [0.4, 0.5) is 0 Å². The van der Waals surface area contributed by atoms with Gasteiger partial charge >= 0.3 is 0 Å². The van der Waals surface area contributed by atoms with Gasteiger partial charge in [0.25, 0.3) is 0 Å². The van der Waals surface area contributed by atoms with Crippen molar-refractivity contribution in [2.24, 2.45) is 0 Å². The van der Waals surface area contributed by atoms with Crippen LogP contribution in [-0.4, -0.2) is 0 Å². The normalized spacial score (nSPS) is 0. The Morgan fingerprint density at radius 1 is 0.400 bits per heavy atom. The van der Waals surface area contributed by atoms with Crippen LogP contribution in [-0.2, 0) is 84.8 Å². The third-order valence-corrected chi connectivity index (χ3v) is 0. The van der Waals surface area contributed by atoms with E-state index in [1.807, 2.05) is 0 Å². The molecule has 0 aliphatic heterocycles. The van der Waals surface area contributed by atoms with Gasteiger partial charge in [0.15, 0.2) is 0 Å².